The van der Waals surface area contributed by atoms with Crippen LogP contribution in [0.25, 0.3) is 0 Å². The molecule has 0 spiro atoms. The smallest absolute Gasteiger partial charge is 0.415 e. The zero-order chi connectivity index (χ0) is 15.8. The minimum Gasteiger partial charge on any atom is -0.443 e. The Labute approximate surface area is 125 Å². The lowest BCUT2D eigenvalue weighted by atomic mass is 9.97. The molecule has 5 nitrogen and oxygen atoms in total. The predicted molar refractivity (Wildman–Crippen MR) is 82.4 cm³/mol. The molecular formula is C16H21N3O2. The lowest BCUT2D eigenvalue weighted by molar-refractivity contribution is 0.0546. The van der Waals surface area contributed by atoms with Crippen LogP contribution in [0.5, 0.6) is 0 Å². The van der Waals surface area contributed by atoms with Gasteiger partial charge in [0.2, 0.25) is 0 Å². The van der Waals surface area contributed by atoms with Crippen LogP contribution in [-0.2, 0) is 4.74 Å². The van der Waals surface area contributed by atoms with Crippen molar-refractivity contribution in [3.63, 3.8) is 0 Å². The van der Waals surface area contributed by atoms with E-state index < -0.39 is 17.2 Å². The van der Waals surface area contributed by atoms with Crippen molar-refractivity contribution in [2.75, 3.05) is 16.8 Å². The van der Waals surface area contributed by atoms with Crippen molar-refractivity contribution in [3.8, 4) is 6.07 Å². The molecule has 21 heavy (non-hydrogen) atoms. The Kier molecular flexibility index (Phi) is 3.58. The number of ether oxygens (including phenoxy) is 1. The molecule has 0 radical (unpaired) electrons. The monoisotopic (exact) mass is 287 g/mol. The van der Waals surface area contributed by atoms with E-state index in [4.69, 9.17) is 10.00 Å². The summed E-state index contributed by atoms with van der Waals surface area (Å²) in [5.41, 5.74) is 1.02. The van der Waals surface area contributed by atoms with Crippen molar-refractivity contribution in [2.24, 2.45) is 0 Å². The number of hydrogen-bond donors (Lipinski definition) is 1. The molecule has 5 heteroatoms. The molecule has 0 aliphatic carbocycles. The number of fused-ring (bicyclic) bond motifs is 1. The summed E-state index contributed by atoms with van der Waals surface area (Å²) in [5, 5.41) is 12.4. The summed E-state index contributed by atoms with van der Waals surface area (Å²) < 4.78 is 5.52. The number of nitrogens with zero attached hydrogens (tertiary/aromatic N) is 2. The Morgan fingerprint density at radius 1 is 1.43 bits per heavy atom. The zero-order valence-electron chi connectivity index (χ0n) is 13.2. The highest BCUT2D eigenvalue weighted by Crippen LogP contribution is 2.37. The summed E-state index contributed by atoms with van der Waals surface area (Å²) in [6.07, 6.45) is -0.398. The third-order valence-corrected chi connectivity index (χ3v) is 3.26. The fourth-order valence-corrected chi connectivity index (χ4v) is 2.31. The van der Waals surface area contributed by atoms with Gasteiger partial charge in [0, 0.05) is 6.54 Å². The number of hydrogen-bond acceptors (Lipinski definition) is 4. The third-order valence-electron chi connectivity index (χ3n) is 3.26. The highest BCUT2D eigenvalue weighted by Gasteiger charge is 2.39. The fourth-order valence-electron chi connectivity index (χ4n) is 2.31. The van der Waals surface area contributed by atoms with E-state index in [0.717, 1.165) is 5.69 Å². The van der Waals surface area contributed by atoms with E-state index in [2.05, 4.69) is 11.4 Å². The van der Waals surface area contributed by atoms with Gasteiger partial charge in [-0.15, -0.1) is 0 Å². The molecule has 1 aliphatic rings. The van der Waals surface area contributed by atoms with Gasteiger partial charge in [-0.1, -0.05) is 0 Å². The second-order valence-electron chi connectivity index (χ2n) is 6.83. The average Bonchev–Trinajstić information content (AvgIpc) is 2.34. The van der Waals surface area contributed by atoms with Crippen LogP contribution in [0.1, 0.15) is 40.2 Å². The van der Waals surface area contributed by atoms with E-state index in [1.807, 2.05) is 40.7 Å². The standard InChI is InChI=1S/C16H21N3O2/c1-15(2,3)21-14(20)19-13-8-11(9-17)6-7-12(13)18-10-16(19,4)5/h6-8,18H,10H2,1-5H3. The molecule has 1 N–H and O–H groups in total. The van der Waals surface area contributed by atoms with Gasteiger partial charge in [-0.25, -0.2) is 4.79 Å². The lowest BCUT2D eigenvalue weighted by Crippen LogP contribution is -2.56. The number of carbonyl (C=O) groups is 1. The first kappa shape index (κ1) is 15.2. The topological polar surface area (TPSA) is 65.4 Å². The maximum atomic E-state index is 12.6. The molecule has 2 rings (SSSR count). The van der Waals surface area contributed by atoms with E-state index in [1.54, 1.807) is 17.0 Å². The number of amides is 1. The second-order valence-corrected chi connectivity index (χ2v) is 6.83. The molecule has 0 unspecified atom stereocenters. The number of rotatable bonds is 0. The molecule has 112 valence electrons. The van der Waals surface area contributed by atoms with Crippen LogP contribution in [0.2, 0.25) is 0 Å². The van der Waals surface area contributed by atoms with Crippen molar-refractivity contribution in [1.82, 2.24) is 0 Å². The first-order valence-corrected chi connectivity index (χ1v) is 6.95. The number of carbonyl (C=O) groups excluding carboxylic acids is 1. The quantitative estimate of drug-likeness (QED) is 0.793. The molecule has 1 aromatic rings. The molecule has 0 fully saturated rings. The summed E-state index contributed by atoms with van der Waals surface area (Å²) in [5.74, 6) is 0. The van der Waals surface area contributed by atoms with Crippen LogP contribution >= 0.6 is 0 Å². The Hall–Kier alpha value is -2.22. The molecule has 0 saturated carbocycles. The van der Waals surface area contributed by atoms with Gasteiger partial charge in [0.1, 0.15) is 5.60 Å². The van der Waals surface area contributed by atoms with Gasteiger partial charge in [-0.05, 0) is 52.8 Å². The lowest BCUT2D eigenvalue weighted by Gasteiger charge is -2.43. The largest absolute Gasteiger partial charge is 0.443 e. The molecule has 1 amide bonds. The van der Waals surface area contributed by atoms with E-state index in [-0.39, 0.29) is 0 Å². The van der Waals surface area contributed by atoms with Crippen LogP contribution in [0.4, 0.5) is 16.2 Å². The fraction of sp³-hybridized carbons (Fsp3) is 0.500. The second kappa shape index (κ2) is 4.96. The normalized spacial score (nSPS) is 16.5. The van der Waals surface area contributed by atoms with Gasteiger partial charge in [-0.2, -0.15) is 5.26 Å². The minimum absolute atomic E-state index is 0.398. The summed E-state index contributed by atoms with van der Waals surface area (Å²) >= 11 is 0. The van der Waals surface area contributed by atoms with Crippen LogP contribution < -0.4 is 10.2 Å². The number of nitrogens with one attached hydrogen (secondary N) is 1. The van der Waals surface area contributed by atoms with Crippen LogP contribution in [0, 0.1) is 11.3 Å². The van der Waals surface area contributed by atoms with E-state index in [9.17, 15) is 4.79 Å². The summed E-state index contributed by atoms with van der Waals surface area (Å²) in [7, 11) is 0. The summed E-state index contributed by atoms with van der Waals surface area (Å²) in [6.45, 7) is 10.1. The van der Waals surface area contributed by atoms with Crippen LogP contribution in [-0.4, -0.2) is 23.8 Å². The Morgan fingerprint density at radius 3 is 2.67 bits per heavy atom. The number of nitriles is 1. The highest BCUT2D eigenvalue weighted by atomic mass is 16.6. The Morgan fingerprint density at radius 2 is 2.10 bits per heavy atom. The average molecular weight is 287 g/mol. The van der Waals surface area contributed by atoms with Gasteiger partial charge < -0.3 is 10.1 Å². The first-order valence-electron chi connectivity index (χ1n) is 6.95. The zero-order valence-corrected chi connectivity index (χ0v) is 13.2. The molecular weight excluding hydrogens is 266 g/mol. The molecule has 1 aromatic carbocycles. The SMILES string of the molecule is CC(C)(C)OC(=O)N1c2cc(C#N)ccc2NCC1(C)C. The molecule has 1 heterocycles. The third kappa shape index (κ3) is 3.10. The van der Waals surface area contributed by atoms with Crippen molar-refractivity contribution >= 4 is 17.5 Å². The first-order chi connectivity index (χ1) is 9.64. The predicted octanol–water partition coefficient (Wildman–Crippen LogP) is 3.50. The van der Waals surface area contributed by atoms with Crippen molar-refractivity contribution in [2.45, 2.75) is 45.8 Å². The number of benzene rings is 1. The van der Waals surface area contributed by atoms with E-state index >= 15 is 0 Å². The van der Waals surface area contributed by atoms with Crippen molar-refractivity contribution in [3.05, 3.63) is 23.8 Å². The molecule has 0 bridgehead atoms. The van der Waals surface area contributed by atoms with Gasteiger partial charge in [0.25, 0.3) is 0 Å². The summed E-state index contributed by atoms with van der Waals surface area (Å²) in [4.78, 5) is 14.2. The molecule has 1 aliphatic heterocycles. The Bertz CT molecular complexity index is 609. The molecule has 0 aromatic heterocycles. The van der Waals surface area contributed by atoms with Gasteiger partial charge in [0.05, 0.1) is 28.5 Å². The van der Waals surface area contributed by atoms with E-state index in [1.165, 1.54) is 0 Å². The van der Waals surface area contributed by atoms with Crippen molar-refractivity contribution in [1.29, 1.82) is 5.26 Å². The maximum Gasteiger partial charge on any atom is 0.415 e. The van der Waals surface area contributed by atoms with E-state index in [0.29, 0.717) is 17.8 Å². The summed E-state index contributed by atoms with van der Waals surface area (Å²) in [6, 6.07) is 7.37. The number of anilines is 2. The van der Waals surface area contributed by atoms with Gasteiger partial charge in [-0.3, -0.25) is 4.90 Å². The maximum absolute atomic E-state index is 12.6. The van der Waals surface area contributed by atoms with Crippen LogP contribution in [0.3, 0.4) is 0 Å². The van der Waals surface area contributed by atoms with Gasteiger partial charge in [0.15, 0.2) is 0 Å². The molecule has 0 atom stereocenters. The highest BCUT2D eigenvalue weighted by molar-refractivity contribution is 5.95. The molecule has 0 saturated heterocycles. The van der Waals surface area contributed by atoms with Gasteiger partial charge >= 0.3 is 6.09 Å². The Balaban J connectivity index is 2.48. The van der Waals surface area contributed by atoms with Crippen molar-refractivity contribution < 1.29 is 9.53 Å². The minimum atomic E-state index is -0.564. The van der Waals surface area contributed by atoms with Crippen LogP contribution in [0.15, 0.2) is 18.2 Å².